The van der Waals surface area contributed by atoms with Crippen molar-refractivity contribution in [3.63, 3.8) is 0 Å². The van der Waals surface area contributed by atoms with Gasteiger partial charge in [0.1, 0.15) is 44.7 Å². The topological polar surface area (TPSA) is 59.0 Å². The summed E-state index contributed by atoms with van der Waals surface area (Å²) in [6.07, 6.45) is 0. The van der Waals surface area contributed by atoms with Gasteiger partial charge in [0.2, 0.25) is 0 Å². The molecule has 6 nitrogen and oxygen atoms in total. The van der Waals surface area contributed by atoms with Crippen molar-refractivity contribution in [3.05, 3.63) is 506 Å². The van der Waals surface area contributed by atoms with E-state index in [9.17, 15) is 0 Å². The Bertz CT molecular complexity index is 9960. The number of rotatable bonds is 15. The fraction of sp³-hybridized carbons (Fsp3) is 0.0833. The molecule has 4 aliphatic carbocycles. The molecule has 4 aromatic heterocycles. The van der Waals surface area contributed by atoms with E-state index in [4.69, 9.17) is 17.7 Å². The highest BCUT2D eigenvalue weighted by Crippen LogP contribution is 2.60. The number of benzene rings is 22. The summed E-state index contributed by atoms with van der Waals surface area (Å²) in [5.74, 6) is 0. The van der Waals surface area contributed by atoms with Gasteiger partial charge < -0.3 is 27.5 Å². The first kappa shape index (κ1) is 87.1. The molecule has 150 heavy (non-hydrogen) atoms. The minimum Gasteiger partial charge on any atom is -0.456 e. The zero-order valence-corrected chi connectivity index (χ0v) is 84.4. The number of hydrogen-bond acceptors (Lipinski definition) is 6. The predicted octanol–water partition coefficient (Wildman–Crippen LogP) is 40.5. The second kappa shape index (κ2) is 32.6. The zero-order valence-electron chi connectivity index (χ0n) is 84.4. The van der Waals surface area contributed by atoms with Crippen molar-refractivity contribution in [1.29, 1.82) is 0 Å². The van der Waals surface area contributed by atoms with Crippen LogP contribution in [-0.4, -0.2) is 0 Å². The molecule has 710 valence electrons. The number of nitrogens with zero attached hydrogens (tertiary/aromatic N) is 2. The lowest BCUT2D eigenvalue weighted by Crippen LogP contribution is -2.18. The summed E-state index contributed by atoms with van der Waals surface area (Å²) in [5, 5.41) is 8.99. The van der Waals surface area contributed by atoms with Gasteiger partial charge in [-0.15, -0.1) is 0 Å². The Labute approximate surface area is 870 Å². The van der Waals surface area contributed by atoms with Crippen molar-refractivity contribution in [2.45, 2.75) is 77.0 Å². The summed E-state index contributed by atoms with van der Waals surface area (Å²) in [6.45, 7) is 19.2. The molecule has 22 aromatic carbocycles. The molecular weight excluding hydrogens is 1820 g/mol. The van der Waals surface area contributed by atoms with Crippen LogP contribution < -0.4 is 9.80 Å². The van der Waals surface area contributed by atoms with Gasteiger partial charge in [-0.25, -0.2) is 0 Å². The molecule has 0 bridgehead atoms. The second-order valence-electron chi connectivity index (χ2n) is 43.7. The molecule has 4 aliphatic rings. The maximum Gasteiger partial charge on any atom is 0.143 e. The molecule has 0 spiro atoms. The molecule has 0 aliphatic heterocycles. The van der Waals surface area contributed by atoms with E-state index in [1.807, 2.05) is 18.2 Å². The monoisotopic (exact) mass is 1920 g/mol. The summed E-state index contributed by atoms with van der Waals surface area (Å²) in [5.41, 5.74) is 53.7. The van der Waals surface area contributed by atoms with Crippen LogP contribution in [0.1, 0.15) is 99.9 Å². The Hall–Kier alpha value is -18.4. The predicted molar refractivity (Wildman–Crippen MR) is 624 cm³/mol. The van der Waals surface area contributed by atoms with E-state index >= 15 is 0 Å². The van der Waals surface area contributed by atoms with Gasteiger partial charge in [0.25, 0.3) is 0 Å². The summed E-state index contributed by atoms with van der Waals surface area (Å²) < 4.78 is 26.4. The number of furan rings is 4. The molecule has 0 unspecified atom stereocenters. The lowest BCUT2D eigenvalue weighted by Gasteiger charge is -2.30. The fourth-order valence-electron chi connectivity index (χ4n) is 25.9. The largest absolute Gasteiger partial charge is 0.456 e. The summed E-state index contributed by atoms with van der Waals surface area (Å²) in [6, 6.07) is 171. The highest BCUT2D eigenvalue weighted by Gasteiger charge is 2.43. The van der Waals surface area contributed by atoms with E-state index < -0.39 is 0 Å². The van der Waals surface area contributed by atoms with Crippen LogP contribution in [-0.2, 0) is 21.7 Å². The zero-order chi connectivity index (χ0) is 100. The van der Waals surface area contributed by atoms with E-state index in [0.29, 0.717) is 0 Å². The van der Waals surface area contributed by atoms with Gasteiger partial charge in [-0.3, -0.25) is 0 Å². The molecular formula is C144H100N2O4. The molecule has 30 rings (SSSR count). The molecule has 0 saturated heterocycles. The Morgan fingerprint density at radius 2 is 0.380 bits per heavy atom. The first-order chi connectivity index (χ1) is 73.3. The lowest BCUT2D eigenvalue weighted by atomic mass is 9.81. The number of hydrogen-bond donors (Lipinski definition) is 0. The Kier molecular flexibility index (Phi) is 18.9. The van der Waals surface area contributed by atoms with Gasteiger partial charge in [0, 0.05) is 110 Å². The Morgan fingerprint density at radius 1 is 0.140 bits per heavy atom. The normalized spacial score (nSPS) is 13.9. The van der Waals surface area contributed by atoms with E-state index in [1.54, 1.807) is 0 Å². The first-order valence-corrected chi connectivity index (χ1v) is 52.3. The average molecular weight is 1920 g/mol. The van der Waals surface area contributed by atoms with E-state index in [2.05, 4.69) is 508 Å². The molecule has 4 heterocycles. The minimum atomic E-state index is -0.379. The quantitative estimate of drug-likeness (QED) is 0.102. The van der Waals surface area contributed by atoms with Gasteiger partial charge in [-0.05, 0) is 330 Å². The van der Waals surface area contributed by atoms with Crippen LogP contribution in [0.15, 0.2) is 479 Å². The van der Waals surface area contributed by atoms with Crippen LogP contribution in [0.4, 0.5) is 34.1 Å². The number of anilines is 6. The number of para-hydroxylation sites is 5. The van der Waals surface area contributed by atoms with Crippen molar-refractivity contribution in [3.8, 4) is 145 Å². The van der Waals surface area contributed by atoms with Crippen LogP contribution in [0.2, 0.25) is 0 Å². The van der Waals surface area contributed by atoms with Gasteiger partial charge in [-0.1, -0.05) is 365 Å². The summed E-state index contributed by atoms with van der Waals surface area (Å²) in [7, 11) is 0. The van der Waals surface area contributed by atoms with Crippen LogP contribution in [0.5, 0.6) is 0 Å². The second-order valence-corrected chi connectivity index (χ2v) is 43.7. The third-order valence-corrected chi connectivity index (χ3v) is 34.0. The number of fused-ring (bicyclic) bond motifs is 24. The molecule has 0 atom stereocenters. The highest BCUT2D eigenvalue weighted by molar-refractivity contribution is 6.17. The third kappa shape index (κ3) is 13.4. The maximum absolute atomic E-state index is 7.12. The highest BCUT2D eigenvalue weighted by atomic mass is 16.3. The SMILES string of the molecule is CC1(C)c2cc(-c3ccc4oc5ccccc5c4c3)ccc2-c2ccc(N(c3ccc(-c4ccc(-c5ccc(-c6ccc(-c7ccc8c(c7)C(C)(C)c7cc(N(c9ccc(-c%10ccc(-c%11ccccc%11)cc%10)cc9)c9ccc%10c(c9)C(C)(C)c9cc(-c%11cccc%12c%11oc%11ccccc%11%12)ccc9-%10)ccc7-8)c7oc8ccccc8c67)cc5)cc4)cc3)c3ccc4c(c3)C(C)(C)c3cc(-c5ccc6oc7ccccc7c6c5)ccc3-4)cc21. The molecule has 0 fully saturated rings. The lowest BCUT2D eigenvalue weighted by molar-refractivity contribution is 0.659. The van der Waals surface area contributed by atoms with Crippen LogP contribution >= 0.6 is 0 Å². The van der Waals surface area contributed by atoms with E-state index in [0.717, 1.165) is 183 Å². The van der Waals surface area contributed by atoms with E-state index in [-0.39, 0.29) is 21.7 Å². The smallest absolute Gasteiger partial charge is 0.143 e. The maximum atomic E-state index is 7.12. The standard InChI is InChI=1S/C144H100N2O4/c1-141(2)124-77-96(94-53-73-136-122(75-94)118-24-13-16-29-132(118)147-136)49-63-109(124)113-67-59-102(81-128(113)141)145(103-60-68-114-110-64-50-97(78-125(110)142(3,4)129(114)82-103)95-54-74-137-123(76-95)119-25-14-17-30-133(119)148-137)100-57-47-92(48-58-100)89-39-37-87(38-40-89)90-41-43-93(44-42-90)106-71-72-108(140-138(106)121-26-15-19-32-135(121)150-140)99-52-66-112-116-70-62-105(84-131(116)144(7,8)127(112)80-99)146(101-55-45-91(46-56-101)88-35-33-86(34-36-88)85-21-10-9-11-22-85)104-61-69-115-111-65-51-98(79-126(111)143(5,6)130(115)83-104)107-27-20-28-120-117-23-12-18-31-134(117)149-139(107)120/h9-84H,1-8H3. The van der Waals surface area contributed by atoms with Crippen molar-refractivity contribution in [2.24, 2.45) is 0 Å². The van der Waals surface area contributed by atoms with Crippen molar-refractivity contribution < 1.29 is 17.7 Å². The summed E-state index contributed by atoms with van der Waals surface area (Å²) >= 11 is 0. The third-order valence-electron chi connectivity index (χ3n) is 34.0. The average Bonchev–Trinajstić information content (AvgIpc) is 1.57. The van der Waals surface area contributed by atoms with Crippen LogP contribution in [0.25, 0.3) is 232 Å². The fourth-order valence-corrected chi connectivity index (χ4v) is 25.9. The minimum absolute atomic E-state index is 0.309. The first-order valence-electron chi connectivity index (χ1n) is 52.3. The van der Waals surface area contributed by atoms with E-state index in [1.165, 1.54) is 128 Å². The molecule has 6 heteroatoms. The van der Waals surface area contributed by atoms with Gasteiger partial charge in [0.05, 0.1) is 0 Å². The van der Waals surface area contributed by atoms with Crippen LogP contribution in [0.3, 0.4) is 0 Å². The Morgan fingerprint density at radius 3 is 0.773 bits per heavy atom. The van der Waals surface area contributed by atoms with Crippen molar-refractivity contribution >= 4 is 122 Å². The summed E-state index contributed by atoms with van der Waals surface area (Å²) in [4.78, 5) is 4.96. The molecule has 0 saturated carbocycles. The molecule has 0 radical (unpaired) electrons. The Balaban J connectivity index is 0.450. The van der Waals surface area contributed by atoms with Gasteiger partial charge in [0.15, 0.2) is 0 Å². The van der Waals surface area contributed by atoms with Crippen molar-refractivity contribution in [1.82, 2.24) is 0 Å². The van der Waals surface area contributed by atoms with Gasteiger partial charge in [-0.2, -0.15) is 0 Å². The van der Waals surface area contributed by atoms with Crippen molar-refractivity contribution in [2.75, 3.05) is 9.80 Å². The van der Waals surface area contributed by atoms with Gasteiger partial charge >= 0.3 is 0 Å². The molecule has 0 N–H and O–H groups in total. The molecule has 0 amide bonds. The van der Waals surface area contributed by atoms with Crippen LogP contribution in [0, 0.1) is 0 Å². The molecule has 26 aromatic rings.